The van der Waals surface area contributed by atoms with Gasteiger partial charge < -0.3 is 10.2 Å². The molecule has 2 heterocycles. The highest BCUT2D eigenvalue weighted by atomic mass is 19.1. The number of nitrogens with one attached hydrogen (secondary N) is 1. The SMILES string of the molecule is Cc1nccc(C(=O)N[C@@H]2CC(F)C[C@]3(CCN(c4cc(F)cc(F)c4)C3=O)C2)n1. The Labute approximate surface area is 171 Å². The minimum Gasteiger partial charge on any atom is -0.348 e. The second-order valence-electron chi connectivity index (χ2n) is 8.02. The number of nitrogens with zero attached hydrogens (tertiary/aromatic N) is 3. The molecule has 9 heteroatoms. The minimum absolute atomic E-state index is 0.0269. The van der Waals surface area contributed by atoms with Crippen molar-refractivity contribution >= 4 is 17.5 Å². The normalized spacial score (nSPS) is 26.3. The number of amides is 2. The number of hydrogen-bond donors (Lipinski definition) is 1. The van der Waals surface area contributed by atoms with Crippen LogP contribution in [0.25, 0.3) is 0 Å². The van der Waals surface area contributed by atoms with E-state index in [1.54, 1.807) is 6.92 Å². The Morgan fingerprint density at radius 3 is 2.67 bits per heavy atom. The molecule has 30 heavy (non-hydrogen) atoms. The lowest BCUT2D eigenvalue weighted by molar-refractivity contribution is -0.128. The van der Waals surface area contributed by atoms with E-state index in [1.165, 1.54) is 17.2 Å². The summed E-state index contributed by atoms with van der Waals surface area (Å²) in [6.07, 6.45) is 0.927. The Balaban J connectivity index is 1.52. The first-order valence-corrected chi connectivity index (χ1v) is 9.78. The molecule has 1 unspecified atom stereocenters. The van der Waals surface area contributed by atoms with Crippen LogP contribution in [0.3, 0.4) is 0 Å². The molecule has 0 radical (unpaired) electrons. The predicted octanol–water partition coefficient (Wildman–Crippen LogP) is 3.11. The van der Waals surface area contributed by atoms with Crippen molar-refractivity contribution in [3.8, 4) is 0 Å². The van der Waals surface area contributed by atoms with Crippen LogP contribution in [0.1, 0.15) is 42.0 Å². The molecule has 1 saturated heterocycles. The molecule has 2 fully saturated rings. The number of aromatic nitrogens is 2. The van der Waals surface area contributed by atoms with Crippen LogP contribution in [0, 0.1) is 24.0 Å². The molecule has 0 bridgehead atoms. The molecule has 4 rings (SSSR count). The van der Waals surface area contributed by atoms with E-state index in [2.05, 4.69) is 15.3 Å². The second kappa shape index (κ2) is 7.70. The molecule has 1 aromatic heterocycles. The van der Waals surface area contributed by atoms with Gasteiger partial charge in [-0.05, 0) is 50.8 Å². The van der Waals surface area contributed by atoms with Crippen LogP contribution in [0.4, 0.5) is 18.9 Å². The lowest BCUT2D eigenvalue weighted by Gasteiger charge is -2.38. The van der Waals surface area contributed by atoms with E-state index in [0.717, 1.165) is 18.2 Å². The molecular weight excluding hydrogens is 397 g/mol. The summed E-state index contributed by atoms with van der Waals surface area (Å²) in [4.78, 5) is 35.0. The van der Waals surface area contributed by atoms with Gasteiger partial charge in [0.25, 0.3) is 5.91 Å². The third kappa shape index (κ3) is 3.88. The minimum atomic E-state index is -1.27. The molecule has 3 atom stereocenters. The molecule has 1 N–H and O–H groups in total. The van der Waals surface area contributed by atoms with Crippen LogP contribution in [0.15, 0.2) is 30.5 Å². The van der Waals surface area contributed by atoms with Gasteiger partial charge in [-0.3, -0.25) is 9.59 Å². The van der Waals surface area contributed by atoms with E-state index in [9.17, 15) is 22.8 Å². The molecule has 2 amide bonds. The van der Waals surface area contributed by atoms with Gasteiger partial charge in [0.05, 0.1) is 5.41 Å². The second-order valence-corrected chi connectivity index (χ2v) is 8.02. The van der Waals surface area contributed by atoms with E-state index in [1.807, 2.05) is 0 Å². The van der Waals surface area contributed by atoms with Crippen molar-refractivity contribution in [2.45, 2.75) is 44.8 Å². The zero-order valence-corrected chi connectivity index (χ0v) is 16.4. The van der Waals surface area contributed by atoms with Gasteiger partial charge in [-0.2, -0.15) is 0 Å². The van der Waals surface area contributed by atoms with Crippen molar-refractivity contribution in [1.82, 2.24) is 15.3 Å². The Morgan fingerprint density at radius 2 is 1.97 bits per heavy atom. The summed E-state index contributed by atoms with van der Waals surface area (Å²) in [5, 5.41) is 2.78. The molecule has 1 saturated carbocycles. The molecule has 1 aliphatic heterocycles. The third-order valence-electron chi connectivity index (χ3n) is 5.81. The Hall–Kier alpha value is -2.97. The van der Waals surface area contributed by atoms with Gasteiger partial charge in [-0.15, -0.1) is 0 Å². The first-order valence-electron chi connectivity index (χ1n) is 9.78. The van der Waals surface area contributed by atoms with Crippen molar-refractivity contribution in [2.75, 3.05) is 11.4 Å². The molecule has 1 aliphatic carbocycles. The maximum Gasteiger partial charge on any atom is 0.270 e. The van der Waals surface area contributed by atoms with Crippen LogP contribution < -0.4 is 10.2 Å². The summed E-state index contributed by atoms with van der Waals surface area (Å²) >= 11 is 0. The van der Waals surface area contributed by atoms with E-state index >= 15 is 0 Å². The largest absolute Gasteiger partial charge is 0.348 e. The van der Waals surface area contributed by atoms with Crippen LogP contribution in [0.2, 0.25) is 0 Å². The monoisotopic (exact) mass is 418 g/mol. The fourth-order valence-electron chi connectivity index (χ4n) is 4.55. The van der Waals surface area contributed by atoms with E-state index in [4.69, 9.17) is 0 Å². The smallest absolute Gasteiger partial charge is 0.270 e. The standard InChI is InChI=1S/C21H21F3N4O2/c1-12-25-4-2-18(26-12)19(29)27-16-7-15(24)10-21(11-16)3-5-28(20(21)30)17-8-13(22)6-14(23)9-17/h2,4,6,8-9,15-16H,3,5,7,10-11H2,1H3,(H,27,29)/t15?,16-,21-/m1/s1. The number of carbonyl (C=O) groups excluding carboxylic acids is 2. The van der Waals surface area contributed by atoms with E-state index in [0.29, 0.717) is 12.2 Å². The van der Waals surface area contributed by atoms with Gasteiger partial charge in [0.2, 0.25) is 5.91 Å². The summed E-state index contributed by atoms with van der Waals surface area (Å²) in [5.74, 6) is -1.95. The zero-order chi connectivity index (χ0) is 21.5. The highest BCUT2D eigenvalue weighted by molar-refractivity contribution is 6.00. The topological polar surface area (TPSA) is 75.2 Å². The maximum atomic E-state index is 14.6. The van der Waals surface area contributed by atoms with Gasteiger partial charge in [-0.25, -0.2) is 23.1 Å². The maximum absolute atomic E-state index is 14.6. The van der Waals surface area contributed by atoms with Gasteiger partial charge >= 0.3 is 0 Å². The first kappa shape index (κ1) is 20.3. The van der Waals surface area contributed by atoms with Crippen molar-refractivity contribution in [1.29, 1.82) is 0 Å². The number of anilines is 1. The van der Waals surface area contributed by atoms with Gasteiger partial charge in [0, 0.05) is 30.5 Å². The molecule has 2 aliphatic rings. The van der Waals surface area contributed by atoms with Crippen molar-refractivity contribution < 1.29 is 22.8 Å². The Bertz CT molecular complexity index is 982. The summed E-state index contributed by atoms with van der Waals surface area (Å²) < 4.78 is 41.8. The number of alkyl halides is 1. The number of carbonyl (C=O) groups is 2. The van der Waals surface area contributed by atoms with Crippen LogP contribution in [0.5, 0.6) is 0 Å². The molecule has 2 aromatic rings. The fraction of sp³-hybridized carbons (Fsp3) is 0.429. The summed E-state index contributed by atoms with van der Waals surface area (Å²) in [5.41, 5.74) is -0.723. The van der Waals surface area contributed by atoms with Crippen molar-refractivity contribution in [3.63, 3.8) is 0 Å². The molecular formula is C21H21F3N4O2. The average Bonchev–Trinajstić information content (AvgIpc) is 2.96. The van der Waals surface area contributed by atoms with Crippen molar-refractivity contribution in [2.24, 2.45) is 5.41 Å². The van der Waals surface area contributed by atoms with Gasteiger partial charge in [-0.1, -0.05) is 0 Å². The molecule has 158 valence electrons. The van der Waals surface area contributed by atoms with Crippen molar-refractivity contribution in [3.05, 3.63) is 53.6 Å². The van der Waals surface area contributed by atoms with Crippen LogP contribution in [-0.4, -0.2) is 40.5 Å². The predicted molar refractivity (Wildman–Crippen MR) is 103 cm³/mol. The fourth-order valence-corrected chi connectivity index (χ4v) is 4.55. The number of aryl methyl sites for hydroxylation is 1. The van der Waals surface area contributed by atoms with E-state index < -0.39 is 35.2 Å². The number of hydrogen-bond acceptors (Lipinski definition) is 4. The summed E-state index contributed by atoms with van der Waals surface area (Å²) in [7, 11) is 0. The molecule has 1 spiro atoms. The average molecular weight is 418 g/mol. The number of rotatable bonds is 3. The molecule has 1 aromatic carbocycles. The van der Waals surface area contributed by atoms with E-state index in [-0.39, 0.29) is 43.1 Å². The quantitative estimate of drug-likeness (QED) is 0.831. The number of benzene rings is 1. The third-order valence-corrected chi connectivity index (χ3v) is 5.81. The highest BCUT2D eigenvalue weighted by Gasteiger charge is 2.52. The number of halogens is 3. The van der Waals surface area contributed by atoms with Gasteiger partial charge in [0.15, 0.2) is 0 Å². The summed E-state index contributed by atoms with van der Waals surface area (Å²) in [6.45, 7) is 1.89. The first-order chi connectivity index (χ1) is 14.3. The lowest BCUT2D eigenvalue weighted by atomic mass is 9.70. The Morgan fingerprint density at radius 1 is 1.23 bits per heavy atom. The molecule has 6 nitrogen and oxygen atoms in total. The zero-order valence-electron chi connectivity index (χ0n) is 16.4. The van der Waals surface area contributed by atoms with Crippen LogP contribution >= 0.6 is 0 Å². The Kier molecular flexibility index (Phi) is 5.21. The summed E-state index contributed by atoms with van der Waals surface area (Å²) in [6, 6.07) is 3.83. The highest BCUT2D eigenvalue weighted by Crippen LogP contribution is 2.47. The lowest BCUT2D eigenvalue weighted by Crippen LogP contribution is -2.49. The van der Waals surface area contributed by atoms with Crippen LogP contribution in [-0.2, 0) is 4.79 Å². The van der Waals surface area contributed by atoms with Gasteiger partial charge in [0.1, 0.15) is 29.3 Å².